The van der Waals surface area contributed by atoms with Crippen LogP contribution in [0.15, 0.2) is 59.6 Å². The molecule has 1 aliphatic heterocycles. The van der Waals surface area contributed by atoms with E-state index >= 15 is 0 Å². The number of hydrogen-bond donors (Lipinski definition) is 2. The Labute approximate surface area is 202 Å². The first-order valence-corrected chi connectivity index (χ1v) is 10.8. The van der Waals surface area contributed by atoms with Crippen molar-refractivity contribution < 1.29 is 9.13 Å². The first-order valence-electron chi connectivity index (χ1n) is 10.8. The Hall–Kier alpha value is -1.71. The molecule has 1 atom stereocenters. The Morgan fingerprint density at radius 3 is 2.42 bits per heavy atom. The molecule has 1 fully saturated rings. The molecule has 3 rings (SSSR count). The van der Waals surface area contributed by atoms with Gasteiger partial charge in [-0.05, 0) is 43.0 Å². The normalized spacial score (nSPS) is 16.4. The number of aliphatic imine (C=N–C) groups is 1. The lowest BCUT2D eigenvalue weighted by atomic mass is 10.0. The number of hydrogen-bond acceptors (Lipinski definition) is 3. The van der Waals surface area contributed by atoms with Crippen molar-refractivity contribution in [1.82, 2.24) is 15.5 Å². The van der Waals surface area contributed by atoms with Gasteiger partial charge in [0.25, 0.3) is 0 Å². The fourth-order valence-corrected chi connectivity index (χ4v) is 3.76. The molecule has 0 spiro atoms. The lowest BCUT2D eigenvalue weighted by Crippen LogP contribution is -2.48. The summed E-state index contributed by atoms with van der Waals surface area (Å²) in [5, 5.41) is 6.91. The van der Waals surface area contributed by atoms with E-state index in [4.69, 9.17) is 9.73 Å². The van der Waals surface area contributed by atoms with E-state index in [1.807, 2.05) is 0 Å². The van der Waals surface area contributed by atoms with Crippen molar-refractivity contribution in [2.45, 2.75) is 38.5 Å². The fourth-order valence-electron chi connectivity index (χ4n) is 3.76. The Kier molecular flexibility index (Phi) is 11.2. The summed E-state index contributed by atoms with van der Waals surface area (Å²) in [4.78, 5) is 7.23. The summed E-state index contributed by atoms with van der Waals surface area (Å²) in [6.45, 7) is 6.49. The van der Waals surface area contributed by atoms with Crippen LogP contribution in [0.4, 0.5) is 4.39 Å². The average Bonchev–Trinajstić information content (AvgIpc) is 2.77. The fraction of sp³-hybridized carbons (Fsp3) is 0.458. The molecule has 1 aliphatic rings. The van der Waals surface area contributed by atoms with Crippen LogP contribution in [0, 0.1) is 5.82 Å². The average molecular weight is 540 g/mol. The molecule has 0 aliphatic carbocycles. The minimum Gasteiger partial charge on any atom is -0.375 e. The van der Waals surface area contributed by atoms with Crippen LogP contribution in [0.3, 0.4) is 0 Å². The van der Waals surface area contributed by atoms with Gasteiger partial charge >= 0.3 is 0 Å². The summed E-state index contributed by atoms with van der Waals surface area (Å²) < 4.78 is 18.8. The number of halogens is 2. The van der Waals surface area contributed by atoms with Gasteiger partial charge in [0.15, 0.2) is 5.96 Å². The van der Waals surface area contributed by atoms with E-state index in [0.29, 0.717) is 12.6 Å². The van der Waals surface area contributed by atoms with Crippen LogP contribution in [-0.4, -0.2) is 50.2 Å². The van der Waals surface area contributed by atoms with Crippen molar-refractivity contribution in [2.75, 3.05) is 33.3 Å². The monoisotopic (exact) mass is 540 g/mol. The highest BCUT2D eigenvalue weighted by molar-refractivity contribution is 14.0. The SMILES string of the molecule is CCNC(=NCC(OC)c1ccc(F)cc1)NC1CCN(Cc2ccccc2)CC1.I. The number of nitrogens with one attached hydrogen (secondary N) is 2. The van der Waals surface area contributed by atoms with Gasteiger partial charge in [0.1, 0.15) is 11.9 Å². The minimum absolute atomic E-state index is 0. The zero-order valence-corrected chi connectivity index (χ0v) is 20.7. The van der Waals surface area contributed by atoms with Crippen LogP contribution in [0.5, 0.6) is 0 Å². The molecule has 170 valence electrons. The van der Waals surface area contributed by atoms with Crippen LogP contribution in [0.2, 0.25) is 0 Å². The van der Waals surface area contributed by atoms with E-state index in [0.717, 1.165) is 50.5 Å². The Morgan fingerprint density at radius 1 is 1.13 bits per heavy atom. The maximum Gasteiger partial charge on any atom is 0.191 e. The molecular formula is C24H34FIN4O. The summed E-state index contributed by atoms with van der Waals surface area (Å²) in [6, 6.07) is 17.5. The van der Waals surface area contributed by atoms with Gasteiger partial charge < -0.3 is 15.4 Å². The van der Waals surface area contributed by atoms with Crippen molar-refractivity contribution in [3.05, 3.63) is 71.5 Å². The summed E-state index contributed by atoms with van der Waals surface area (Å²) in [6.07, 6.45) is 1.97. The number of nitrogens with zero attached hydrogens (tertiary/aromatic N) is 2. The maximum absolute atomic E-state index is 13.2. The Balaban J connectivity index is 0.00000341. The largest absolute Gasteiger partial charge is 0.375 e. The van der Waals surface area contributed by atoms with Gasteiger partial charge in [0, 0.05) is 39.3 Å². The summed E-state index contributed by atoms with van der Waals surface area (Å²) in [5.41, 5.74) is 2.29. The van der Waals surface area contributed by atoms with Crippen molar-refractivity contribution in [3.63, 3.8) is 0 Å². The topological polar surface area (TPSA) is 48.9 Å². The molecule has 0 amide bonds. The van der Waals surface area contributed by atoms with Crippen molar-refractivity contribution in [2.24, 2.45) is 4.99 Å². The van der Waals surface area contributed by atoms with Gasteiger partial charge in [0.05, 0.1) is 6.54 Å². The molecule has 1 heterocycles. The molecule has 0 saturated carbocycles. The molecule has 5 nitrogen and oxygen atoms in total. The lowest BCUT2D eigenvalue weighted by Gasteiger charge is -2.33. The Bertz CT molecular complexity index is 780. The van der Waals surface area contributed by atoms with Gasteiger partial charge in [-0.3, -0.25) is 9.89 Å². The standard InChI is InChI=1S/C24H33FN4O.HI/c1-3-26-24(27-17-23(30-2)20-9-11-21(25)12-10-20)28-22-13-15-29(16-14-22)18-19-7-5-4-6-8-19;/h4-12,22-23H,3,13-18H2,1-2H3,(H2,26,27,28);1H. The van der Waals surface area contributed by atoms with Gasteiger partial charge in [0.2, 0.25) is 0 Å². The number of benzene rings is 2. The highest BCUT2D eigenvalue weighted by atomic mass is 127. The number of rotatable bonds is 8. The molecule has 1 saturated heterocycles. The molecule has 7 heteroatoms. The van der Waals surface area contributed by atoms with E-state index in [2.05, 4.69) is 52.8 Å². The number of ether oxygens (including phenoxy) is 1. The van der Waals surface area contributed by atoms with E-state index in [1.165, 1.54) is 17.7 Å². The third kappa shape index (κ3) is 8.38. The van der Waals surface area contributed by atoms with Gasteiger partial charge in [-0.25, -0.2) is 4.39 Å². The van der Waals surface area contributed by atoms with Crippen molar-refractivity contribution >= 4 is 29.9 Å². The van der Waals surface area contributed by atoms with Crippen LogP contribution < -0.4 is 10.6 Å². The van der Waals surface area contributed by atoms with Gasteiger partial charge in [-0.15, -0.1) is 24.0 Å². The summed E-state index contributed by atoms with van der Waals surface area (Å²) in [5.74, 6) is 0.564. The Morgan fingerprint density at radius 2 is 1.81 bits per heavy atom. The highest BCUT2D eigenvalue weighted by Crippen LogP contribution is 2.18. The van der Waals surface area contributed by atoms with Gasteiger partial charge in [-0.1, -0.05) is 42.5 Å². The predicted molar refractivity (Wildman–Crippen MR) is 135 cm³/mol. The van der Waals surface area contributed by atoms with Crippen LogP contribution in [0.1, 0.15) is 37.0 Å². The lowest BCUT2D eigenvalue weighted by molar-refractivity contribution is 0.110. The highest BCUT2D eigenvalue weighted by Gasteiger charge is 2.20. The summed E-state index contributed by atoms with van der Waals surface area (Å²) in [7, 11) is 1.66. The zero-order valence-electron chi connectivity index (χ0n) is 18.4. The molecule has 2 aromatic carbocycles. The van der Waals surface area contributed by atoms with Crippen LogP contribution >= 0.6 is 24.0 Å². The molecule has 0 aromatic heterocycles. The molecule has 31 heavy (non-hydrogen) atoms. The van der Waals surface area contributed by atoms with Crippen molar-refractivity contribution in [3.8, 4) is 0 Å². The molecule has 1 unspecified atom stereocenters. The van der Waals surface area contributed by atoms with E-state index in [9.17, 15) is 4.39 Å². The third-order valence-corrected chi connectivity index (χ3v) is 5.46. The third-order valence-electron chi connectivity index (χ3n) is 5.46. The van der Waals surface area contributed by atoms with Crippen LogP contribution in [0.25, 0.3) is 0 Å². The second-order valence-electron chi connectivity index (χ2n) is 7.68. The zero-order chi connectivity index (χ0) is 21.2. The molecule has 0 bridgehead atoms. The number of methoxy groups -OCH3 is 1. The second-order valence-corrected chi connectivity index (χ2v) is 7.68. The second kappa shape index (κ2) is 13.6. The quantitative estimate of drug-likeness (QED) is 0.297. The van der Waals surface area contributed by atoms with E-state index < -0.39 is 0 Å². The predicted octanol–water partition coefficient (Wildman–Crippen LogP) is 4.35. The van der Waals surface area contributed by atoms with Crippen LogP contribution in [-0.2, 0) is 11.3 Å². The maximum atomic E-state index is 13.2. The van der Waals surface area contributed by atoms with E-state index in [1.54, 1.807) is 19.2 Å². The first-order chi connectivity index (χ1) is 14.7. The van der Waals surface area contributed by atoms with Gasteiger partial charge in [-0.2, -0.15) is 0 Å². The van der Waals surface area contributed by atoms with Crippen molar-refractivity contribution in [1.29, 1.82) is 0 Å². The van der Waals surface area contributed by atoms with E-state index in [-0.39, 0.29) is 35.9 Å². The molecule has 2 aromatic rings. The number of guanidine groups is 1. The smallest absolute Gasteiger partial charge is 0.191 e. The number of piperidine rings is 1. The molecular weight excluding hydrogens is 506 g/mol. The minimum atomic E-state index is -0.245. The number of likely N-dealkylation sites (tertiary alicyclic amines) is 1. The molecule has 2 N–H and O–H groups in total. The first kappa shape index (κ1) is 25.5. The summed E-state index contributed by atoms with van der Waals surface area (Å²) >= 11 is 0. The molecule has 0 radical (unpaired) electrons.